The zero-order valence-corrected chi connectivity index (χ0v) is 12.0. The van der Waals surface area contributed by atoms with Crippen molar-refractivity contribution in [1.29, 1.82) is 0 Å². The van der Waals surface area contributed by atoms with Gasteiger partial charge in [-0.1, -0.05) is 6.07 Å². The van der Waals surface area contributed by atoms with E-state index in [0.29, 0.717) is 12.1 Å². The van der Waals surface area contributed by atoms with Gasteiger partial charge in [-0.25, -0.2) is 4.79 Å². The third kappa shape index (κ3) is 3.09. The van der Waals surface area contributed by atoms with E-state index in [-0.39, 0.29) is 5.76 Å². The van der Waals surface area contributed by atoms with Crippen LogP contribution in [0.3, 0.4) is 0 Å². The number of rotatable bonds is 3. The van der Waals surface area contributed by atoms with Crippen LogP contribution < -0.4 is 0 Å². The van der Waals surface area contributed by atoms with E-state index in [1.165, 1.54) is 0 Å². The van der Waals surface area contributed by atoms with Crippen LogP contribution in [0, 0.1) is 0 Å². The second kappa shape index (κ2) is 5.16. The fourth-order valence-electron chi connectivity index (χ4n) is 3.01. The maximum atomic E-state index is 10.9. The summed E-state index contributed by atoms with van der Waals surface area (Å²) in [4.78, 5) is 13.1. The lowest BCUT2D eigenvalue weighted by atomic mass is 9.95. The van der Waals surface area contributed by atoms with Crippen LogP contribution >= 0.6 is 0 Å². The Labute approximate surface area is 122 Å². The number of aromatic carboxylic acids is 1. The molecule has 1 atom stereocenters. The molecule has 1 aliphatic rings. The summed E-state index contributed by atoms with van der Waals surface area (Å²) in [5, 5.41) is 19.9. The minimum Gasteiger partial charge on any atom is -0.475 e. The lowest BCUT2D eigenvalue weighted by molar-refractivity contribution is -0.0181. The molecule has 112 valence electrons. The molecular weight excluding hydrogens is 270 g/mol. The highest BCUT2D eigenvalue weighted by atomic mass is 16.4. The molecule has 1 unspecified atom stereocenters. The van der Waals surface area contributed by atoms with Crippen molar-refractivity contribution in [3.63, 3.8) is 0 Å². The number of hydrogen-bond donors (Lipinski definition) is 2. The Bertz CT molecular complexity index is 674. The fourth-order valence-corrected chi connectivity index (χ4v) is 3.01. The van der Waals surface area contributed by atoms with Crippen molar-refractivity contribution in [3.8, 4) is 0 Å². The topological polar surface area (TPSA) is 73.9 Å². The summed E-state index contributed by atoms with van der Waals surface area (Å²) < 4.78 is 5.25. The first-order valence-electron chi connectivity index (χ1n) is 7.13. The van der Waals surface area contributed by atoms with Gasteiger partial charge in [0.05, 0.1) is 5.60 Å². The first-order chi connectivity index (χ1) is 9.93. The SMILES string of the molecule is CC1(O)CCCN(Cc2ccc3oc(C(=O)O)cc3c2)C1. The zero-order chi connectivity index (χ0) is 15.0. The van der Waals surface area contributed by atoms with Crippen molar-refractivity contribution in [2.75, 3.05) is 13.1 Å². The Morgan fingerprint density at radius 2 is 2.24 bits per heavy atom. The third-order valence-electron chi connectivity index (χ3n) is 3.95. The van der Waals surface area contributed by atoms with Gasteiger partial charge in [-0.05, 0) is 50.1 Å². The van der Waals surface area contributed by atoms with Crippen LogP contribution in [0.2, 0.25) is 0 Å². The summed E-state index contributed by atoms with van der Waals surface area (Å²) in [5.41, 5.74) is 1.06. The molecule has 2 heterocycles. The quantitative estimate of drug-likeness (QED) is 0.908. The van der Waals surface area contributed by atoms with E-state index in [4.69, 9.17) is 9.52 Å². The Morgan fingerprint density at radius 1 is 1.43 bits per heavy atom. The molecule has 1 aromatic heterocycles. The van der Waals surface area contributed by atoms with E-state index in [1.54, 1.807) is 12.1 Å². The Morgan fingerprint density at radius 3 is 2.95 bits per heavy atom. The van der Waals surface area contributed by atoms with Crippen molar-refractivity contribution in [2.24, 2.45) is 0 Å². The van der Waals surface area contributed by atoms with E-state index < -0.39 is 11.6 Å². The maximum absolute atomic E-state index is 10.9. The molecule has 0 amide bonds. The van der Waals surface area contributed by atoms with E-state index in [2.05, 4.69) is 4.90 Å². The van der Waals surface area contributed by atoms with Crippen LogP contribution in [0.15, 0.2) is 28.7 Å². The lowest BCUT2D eigenvalue weighted by Gasteiger charge is -2.36. The van der Waals surface area contributed by atoms with Crippen molar-refractivity contribution in [1.82, 2.24) is 4.90 Å². The summed E-state index contributed by atoms with van der Waals surface area (Å²) >= 11 is 0. The molecule has 2 aromatic rings. The average Bonchev–Trinajstić information content (AvgIpc) is 2.80. The van der Waals surface area contributed by atoms with Gasteiger partial charge in [0.25, 0.3) is 0 Å². The van der Waals surface area contributed by atoms with Gasteiger partial charge < -0.3 is 14.6 Å². The molecule has 1 aromatic carbocycles. The van der Waals surface area contributed by atoms with E-state index in [0.717, 1.165) is 36.9 Å². The van der Waals surface area contributed by atoms with Crippen LogP contribution in [0.5, 0.6) is 0 Å². The van der Waals surface area contributed by atoms with Gasteiger partial charge in [-0.15, -0.1) is 0 Å². The van der Waals surface area contributed by atoms with Gasteiger partial charge in [0, 0.05) is 18.5 Å². The largest absolute Gasteiger partial charge is 0.475 e. The van der Waals surface area contributed by atoms with Crippen molar-refractivity contribution >= 4 is 16.9 Å². The van der Waals surface area contributed by atoms with E-state index in [9.17, 15) is 9.90 Å². The van der Waals surface area contributed by atoms with Crippen molar-refractivity contribution < 1.29 is 19.4 Å². The molecule has 0 bridgehead atoms. The Balaban J connectivity index is 1.79. The summed E-state index contributed by atoms with van der Waals surface area (Å²) in [6.45, 7) is 4.26. The first-order valence-corrected chi connectivity index (χ1v) is 7.13. The van der Waals surface area contributed by atoms with Gasteiger partial charge in [-0.3, -0.25) is 4.90 Å². The minimum absolute atomic E-state index is 0.0388. The van der Waals surface area contributed by atoms with Gasteiger partial charge in [0.15, 0.2) is 0 Å². The number of fused-ring (bicyclic) bond motifs is 1. The number of β-amino-alcohol motifs (C(OH)–C–C–N with tert-alkyl or cyclic N) is 1. The molecule has 5 heteroatoms. The predicted molar refractivity (Wildman–Crippen MR) is 78.3 cm³/mol. The number of hydrogen-bond acceptors (Lipinski definition) is 4. The molecule has 21 heavy (non-hydrogen) atoms. The molecule has 0 spiro atoms. The predicted octanol–water partition coefficient (Wildman–Crippen LogP) is 2.48. The van der Waals surface area contributed by atoms with Crippen LogP contribution in [-0.4, -0.2) is 39.8 Å². The molecule has 2 N–H and O–H groups in total. The second-order valence-electron chi connectivity index (χ2n) is 6.10. The number of carboxylic acids is 1. The van der Waals surface area contributed by atoms with Gasteiger partial charge in [0.1, 0.15) is 5.58 Å². The molecule has 5 nitrogen and oxygen atoms in total. The molecule has 1 fully saturated rings. The lowest BCUT2D eigenvalue weighted by Crippen LogP contribution is -2.45. The third-order valence-corrected chi connectivity index (χ3v) is 3.95. The molecular formula is C16H19NO4. The van der Waals surface area contributed by atoms with Crippen molar-refractivity contribution in [2.45, 2.75) is 31.9 Å². The monoisotopic (exact) mass is 289 g/mol. The zero-order valence-electron chi connectivity index (χ0n) is 12.0. The number of benzene rings is 1. The Kier molecular flexibility index (Phi) is 3.47. The highest BCUT2D eigenvalue weighted by Crippen LogP contribution is 2.24. The number of nitrogens with zero attached hydrogens (tertiary/aromatic N) is 1. The second-order valence-corrected chi connectivity index (χ2v) is 6.10. The number of carboxylic acid groups (broad SMARTS) is 1. The molecule has 0 saturated carbocycles. The molecule has 0 radical (unpaired) electrons. The van der Waals surface area contributed by atoms with Gasteiger partial charge >= 0.3 is 5.97 Å². The highest BCUT2D eigenvalue weighted by molar-refractivity contribution is 5.91. The van der Waals surface area contributed by atoms with Crippen LogP contribution in [-0.2, 0) is 6.54 Å². The van der Waals surface area contributed by atoms with E-state index >= 15 is 0 Å². The summed E-state index contributed by atoms with van der Waals surface area (Å²) in [7, 11) is 0. The van der Waals surface area contributed by atoms with E-state index in [1.807, 2.05) is 19.1 Å². The number of aliphatic hydroxyl groups is 1. The summed E-state index contributed by atoms with van der Waals surface area (Å²) in [6, 6.07) is 7.25. The van der Waals surface area contributed by atoms with Crippen LogP contribution in [0.1, 0.15) is 35.9 Å². The van der Waals surface area contributed by atoms with Crippen LogP contribution in [0.4, 0.5) is 0 Å². The maximum Gasteiger partial charge on any atom is 0.371 e. The van der Waals surface area contributed by atoms with Gasteiger partial charge in [-0.2, -0.15) is 0 Å². The molecule has 1 saturated heterocycles. The summed E-state index contributed by atoms with van der Waals surface area (Å²) in [6.07, 6.45) is 1.83. The normalized spacial score (nSPS) is 23.5. The first kappa shape index (κ1) is 14.1. The highest BCUT2D eigenvalue weighted by Gasteiger charge is 2.28. The molecule has 3 rings (SSSR count). The number of piperidine rings is 1. The van der Waals surface area contributed by atoms with Crippen molar-refractivity contribution in [3.05, 3.63) is 35.6 Å². The number of carbonyl (C=O) groups is 1. The molecule has 0 aliphatic carbocycles. The fraction of sp³-hybridized carbons (Fsp3) is 0.438. The number of likely N-dealkylation sites (tertiary alicyclic amines) is 1. The average molecular weight is 289 g/mol. The standard InChI is InChI=1S/C16H19NO4/c1-16(20)5-2-6-17(10-16)9-11-3-4-13-12(7-11)8-14(21-13)15(18)19/h3-4,7-8,20H,2,5-6,9-10H2,1H3,(H,18,19). The number of furan rings is 1. The van der Waals surface area contributed by atoms with Crippen LogP contribution in [0.25, 0.3) is 11.0 Å². The smallest absolute Gasteiger partial charge is 0.371 e. The minimum atomic E-state index is -1.06. The molecule has 1 aliphatic heterocycles. The van der Waals surface area contributed by atoms with Gasteiger partial charge in [0.2, 0.25) is 5.76 Å². The Hall–Kier alpha value is -1.85. The summed E-state index contributed by atoms with van der Waals surface area (Å²) in [5.74, 6) is -1.09.